The highest BCUT2D eigenvalue weighted by atomic mass is 35.5. The summed E-state index contributed by atoms with van der Waals surface area (Å²) in [6, 6.07) is 0.408. The van der Waals surface area contributed by atoms with Crippen LogP contribution in [0.4, 0.5) is 17.6 Å². The molecule has 0 heterocycles. The predicted octanol–water partition coefficient (Wildman–Crippen LogP) is 2.07. The van der Waals surface area contributed by atoms with Crippen molar-refractivity contribution in [2.75, 3.05) is 6.54 Å². The molecule has 0 atom stereocenters. The smallest absolute Gasteiger partial charge is 0.343 e. The van der Waals surface area contributed by atoms with Crippen molar-refractivity contribution >= 4 is 39.1 Å². The van der Waals surface area contributed by atoms with E-state index in [1.165, 1.54) is 5.32 Å². The first-order valence-corrected chi connectivity index (χ1v) is 7.20. The third-order valence-electron chi connectivity index (χ3n) is 2.09. The van der Waals surface area contributed by atoms with Gasteiger partial charge in [0.25, 0.3) is 5.91 Å². The summed E-state index contributed by atoms with van der Waals surface area (Å²) >= 11 is 10.9. The van der Waals surface area contributed by atoms with E-state index >= 15 is 0 Å². The van der Waals surface area contributed by atoms with Gasteiger partial charge in [0.1, 0.15) is 17.3 Å². The Morgan fingerprint density at radius 2 is 1.81 bits per heavy atom. The maximum Gasteiger partial charge on any atom is 0.405 e. The number of nitrogens with one attached hydrogen (secondary N) is 1. The molecule has 0 aliphatic heterocycles. The van der Waals surface area contributed by atoms with Crippen LogP contribution in [0.1, 0.15) is 10.4 Å². The van der Waals surface area contributed by atoms with E-state index < -0.39 is 55.0 Å². The van der Waals surface area contributed by atoms with Gasteiger partial charge in [-0.15, -0.1) is 0 Å². The van der Waals surface area contributed by atoms with Crippen molar-refractivity contribution in [1.29, 1.82) is 0 Å². The molecule has 0 saturated carbocycles. The number of sulfonamides is 1. The average molecular weight is 369 g/mol. The maximum absolute atomic E-state index is 13.5. The largest absolute Gasteiger partial charge is 0.405 e. The summed E-state index contributed by atoms with van der Waals surface area (Å²) in [5.74, 6) is -2.81. The molecule has 0 radical (unpaired) electrons. The molecular weight excluding hydrogens is 363 g/mol. The van der Waals surface area contributed by atoms with Gasteiger partial charge in [-0.25, -0.2) is 17.9 Å². The molecule has 1 rings (SSSR count). The van der Waals surface area contributed by atoms with Crippen LogP contribution >= 0.6 is 23.2 Å². The summed E-state index contributed by atoms with van der Waals surface area (Å²) in [7, 11) is -4.59. The second-order valence-electron chi connectivity index (χ2n) is 3.71. The van der Waals surface area contributed by atoms with Crippen LogP contribution in [0, 0.1) is 5.82 Å². The number of amides is 1. The Morgan fingerprint density at radius 3 is 2.24 bits per heavy atom. The summed E-state index contributed by atoms with van der Waals surface area (Å²) < 4.78 is 71.9. The molecular formula is C9H6Cl2F4N2O3S. The SMILES string of the molecule is NS(=O)(=O)c1c(Cl)c(F)cc(C(=O)NCC(F)(F)F)c1Cl. The fraction of sp³-hybridized carbons (Fsp3) is 0.222. The Morgan fingerprint density at radius 1 is 1.29 bits per heavy atom. The second kappa shape index (κ2) is 5.95. The standard InChI is InChI=1S/C9H6Cl2F4N2O3S/c10-5-3(8(18)17-2-9(13,14)15)1-4(12)6(11)7(5)21(16,19)20/h1H,2H2,(H,17,18)(H2,16,19,20). The lowest BCUT2D eigenvalue weighted by Gasteiger charge is -2.12. The van der Waals surface area contributed by atoms with E-state index in [0.29, 0.717) is 6.07 Å². The van der Waals surface area contributed by atoms with Crippen LogP contribution in [0.25, 0.3) is 0 Å². The second-order valence-corrected chi connectivity index (χ2v) is 5.96. The minimum absolute atomic E-state index is 0.408. The van der Waals surface area contributed by atoms with Crippen molar-refractivity contribution in [1.82, 2.24) is 5.32 Å². The number of alkyl halides is 3. The Labute approximate surface area is 126 Å². The van der Waals surface area contributed by atoms with E-state index in [0.717, 1.165) is 0 Å². The van der Waals surface area contributed by atoms with E-state index in [9.17, 15) is 30.8 Å². The lowest BCUT2D eigenvalue weighted by molar-refractivity contribution is -0.123. The molecule has 118 valence electrons. The van der Waals surface area contributed by atoms with E-state index in [4.69, 9.17) is 28.3 Å². The van der Waals surface area contributed by atoms with Crippen molar-refractivity contribution in [3.8, 4) is 0 Å². The Kier molecular flexibility index (Phi) is 5.09. The third kappa shape index (κ3) is 4.43. The van der Waals surface area contributed by atoms with Crippen LogP contribution in [-0.2, 0) is 10.0 Å². The number of benzene rings is 1. The van der Waals surface area contributed by atoms with Crippen LogP contribution in [0.15, 0.2) is 11.0 Å². The number of carbonyl (C=O) groups is 1. The average Bonchev–Trinajstić information content (AvgIpc) is 2.28. The number of halogens is 6. The molecule has 3 N–H and O–H groups in total. The first kappa shape index (κ1) is 18.0. The van der Waals surface area contributed by atoms with Crippen LogP contribution in [0.5, 0.6) is 0 Å². The predicted molar refractivity (Wildman–Crippen MR) is 66.2 cm³/mol. The zero-order valence-electron chi connectivity index (χ0n) is 9.76. The summed E-state index contributed by atoms with van der Waals surface area (Å²) in [6.07, 6.45) is -4.71. The fourth-order valence-corrected chi connectivity index (χ4v) is 3.06. The molecule has 0 fully saturated rings. The van der Waals surface area contributed by atoms with Gasteiger partial charge in [-0.2, -0.15) is 13.2 Å². The van der Waals surface area contributed by atoms with Gasteiger partial charge < -0.3 is 5.32 Å². The molecule has 1 amide bonds. The topological polar surface area (TPSA) is 89.3 Å². The van der Waals surface area contributed by atoms with Crippen molar-refractivity contribution in [2.45, 2.75) is 11.1 Å². The van der Waals surface area contributed by atoms with Gasteiger partial charge in [0, 0.05) is 0 Å². The zero-order valence-corrected chi connectivity index (χ0v) is 12.1. The van der Waals surface area contributed by atoms with Crippen molar-refractivity contribution in [2.24, 2.45) is 5.14 Å². The highest BCUT2D eigenvalue weighted by molar-refractivity contribution is 7.89. The van der Waals surface area contributed by atoms with Crippen molar-refractivity contribution in [3.05, 3.63) is 27.5 Å². The van der Waals surface area contributed by atoms with E-state index in [-0.39, 0.29) is 0 Å². The molecule has 0 aliphatic carbocycles. The Balaban J connectivity index is 3.33. The van der Waals surface area contributed by atoms with Crippen LogP contribution in [-0.4, -0.2) is 27.0 Å². The van der Waals surface area contributed by atoms with Gasteiger partial charge in [-0.05, 0) is 6.07 Å². The van der Waals surface area contributed by atoms with Gasteiger partial charge in [-0.1, -0.05) is 23.2 Å². The molecule has 0 bridgehead atoms. The van der Waals surface area contributed by atoms with E-state index in [1.807, 2.05) is 0 Å². The number of carbonyl (C=O) groups excluding carboxylic acids is 1. The molecule has 0 spiro atoms. The Hall–Kier alpha value is -1.10. The van der Waals surface area contributed by atoms with Crippen LogP contribution < -0.4 is 10.5 Å². The molecule has 21 heavy (non-hydrogen) atoms. The number of nitrogens with two attached hydrogens (primary N) is 1. The molecule has 0 aliphatic rings. The third-order valence-corrected chi connectivity index (χ3v) is 4.06. The maximum atomic E-state index is 13.5. The molecule has 1 aromatic rings. The minimum Gasteiger partial charge on any atom is -0.343 e. The van der Waals surface area contributed by atoms with Gasteiger partial charge in [0.2, 0.25) is 10.0 Å². The quantitative estimate of drug-likeness (QED) is 0.632. The first-order valence-electron chi connectivity index (χ1n) is 4.90. The lowest BCUT2D eigenvalue weighted by Crippen LogP contribution is -2.34. The first-order chi connectivity index (χ1) is 9.34. The summed E-state index contributed by atoms with van der Waals surface area (Å²) in [6.45, 7) is -1.71. The molecule has 0 saturated heterocycles. The van der Waals surface area contributed by atoms with Crippen LogP contribution in [0.2, 0.25) is 10.0 Å². The highest BCUT2D eigenvalue weighted by Crippen LogP contribution is 2.33. The normalized spacial score (nSPS) is 12.3. The molecule has 1 aromatic carbocycles. The monoisotopic (exact) mass is 368 g/mol. The van der Waals surface area contributed by atoms with Crippen molar-refractivity contribution < 1.29 is 30.8 Å². The van der Waals surface area contributed by atoms with Gasteiger partial charge in [0.05, 0.1) is 15.6 Å². The summed E-state index contributed by atoms with van der Waals surface area (Å²) in [5, 5.41) is 4.34. The fourth-order valence-electron chi connectivity index (χ4n) is 1.27. The van der Waals surface area contributed by atoms with Crippen molar-refractivity contribution in [3.63, 3.8) is 0 Å². The Bertz CT molecular complexity index is 691. The van der Waals surface area contributed by atoms with E-state index in [2.05, 4.69) is 0 Å². The number of hydrogen-bond acceptors (Lipinski definition) is 3. The summed E-state index contributed by atoms with van der Waals surface area (Å²) in [5.41, 5.74) is -0.841. The molecule has 5 nitrogen and oxygen atoms in total. The lowest BCUT2D eigenvalue weighted by atomic mass is 10.2. The number of primary sulfonamides is 1. The van der Waals surface area contributed by atoms with Gasteiger partial charge >= 0.3 is 6.18 Å². The zero-order chi connectivity index (χ0) is 16.6. The molecule has 0 aromatic heterocycles. The van der Waals surface area contributed by atoms with E-state index in [1.54, 1.807) is 0 Å². The number of hydrogen-bond donors (Lipinski definition) is 2. The molecule has 0 unspecified atom stereocenters. The molecule has 12 heteroatoms. The highest BCUT2D eigenvalue weighted by Gasteiger charge is 2.30. The summed E-state index contributed by atoms with van der Waals surface area (Å²) in [4.78, 5) is 10.4. The van der Waals surface area contributed by atoms with Gasteiger partial charge in [0.15, 0.2) is 0 Å². The minimum atomic E-state index is -4.71. The van der Waals surface area contributed by atoms with Crippen LogP contribution in [0.3, 0.4) is 0 Å². The number of rotatable bonds is 3. The van der Waals surface area contributed by atoms with Gasteiger partial charge in [-0.3, -0.25) is 4.79 Å².